The SMILES string of the molecule is CCCC1CCC(NCc2cc(-c3cccs3)cs2)CC1. The Kier molecular flexibility index (Phi) is 5.50. The summed E-state index contributed by atoms with van der Waals surface area (Å²) < 4.78 is 0. The highest BCUT2D eigenvalue weighted by atomic mass is 32.1. The molecule has 0 unspecified atom stereocenters. The summed E-state index contributed by atoms with van der Waals surface area (Å²) >= 11 is 3.72. The highest BCUT2D eigenvalue weighted by Crippen LogP contribution is 2.30. The molecule has 0 spiro atoms. The molecule has 114 valence electrons. The van der Waals surface area contributed by atoms with Crippen molar-refractivity contribution >= 4 is 22.7 Å². The summed E-state index contributed by atoms with van der Waals surface area (Å²) in [5, 5.41) is 8.22. The van der Waals surface area contributed by atoms with Gasteiger partial charge in [-0.1, -0.05) is 25.8 Å². The zero-order valence-corrected chi connectivity index (χ0v) is 14.4. The normalized spacial score (nSPS) is 22.5. The monoisotopic (exact) mass is 319 g/mol. The van der Waals surface area contributed by atoms with Crippen LogP contribution in [0.25, 0.3) is 10.4 Å². The molecule has 0 bridgehead atoms. The average molecular weight is 320 g/mol. The summed E-state index contributed by atoms with van der Waals surface area (Å²) in [5.74, 6) is 1.00. The molecule has 1 N–H and O–H groups in total. The highest BCUT2D eigenvalue weighted by molar-refractivity contribution is 7.14. The van der Waals surface area contributed by atoms with E-state index in [4.69, 9.17) is 0 Å². The van der Waals surface area contributed by atoms with Gasteiger partial charge in [-0.2, -0.15) is 0 Å². The largest absolute Gasteiger partial charge is 0.309 e. The Morgan fingerprint density at radius 3 is 2.76 bits per heavy atom. The molecule has 0 radical (unpaired) electrons. The van der Waals surface area contributed by atoms with E-state index in [9.17, 15) is 0 Å². The number of rotatable bonds is 6. The molecule has 1 aliphatic rings. The van der Waals surface area contributed by atoms with Crippen LogP contribution in [0.2, 0.25) is 0 Å². The van der Waals surface area contributed by atoms with E-state index < -0.39 is 0 Å². The molecule has 1 nitrogen and oxygen atoms in total. The molecule has 2 heterocycles. The molecular weight excluding hydrogens is 294 g/mol. The smallest absolute Gasteiger partial charge is 0.0351 e. The standard InChI is InChI=1S/C18H25NS2/c1-2-4-14-6-8-16(9-7-14)19-12-17-11-15(13-21-17)18-5-3-10-20-18/h3,5,10-11,13-14,16,19H,2,4,6-9,12H2,1H3. The maximum atomic E-state index is 3.77. The number of hydrogen-bond acceptors (Lipinski definition) is 3. The Hall–Kier alpha value is -0.640. The van der Waals surface area contributed by atoms with Crippen molar-refractivity contribution in [3.05, 3.63) is 33.8 Å². The number of hydrogen-bond donors (Lipinski definition) is 1. The molecule has 1 aliphatic carbocycles. The first-order chi connectivity index (χ1) is 10.3. The summed E-state index contributed by atoms with van der Waals surface area (Å²) in [6.07, 6.45) is 8.37. The molecule has 2 aromatic heterocycles. The lowest BCUT2D eigenvalue weighted by Crippen LogP contribution is -2.32. The van der Waals surface area contributed by atoms with E-state index in [1.54, 1.807) is 0 Å². The van der Waals surface area contributed by atoms with Gasteiger partial charge in [-0.05, 0) is 54.5 Å². The molecule has 2 aromatic rings. The quantitative estimate of drug-likeness (QED) is 0.696. The zero-order chi connectivity index (χ0) is 14.5. The van der Waals surface area contributed by atoms with Crippen molar-refractivity contribution in [3.63, 3.8) is 0 Å². The van der Waals surface area contributed by atoms with E-state index in [-0.39, 0.29) is 0 Å². The van der Waals surface area contributed by atoms with Gasteiger partial charge in [0.25, 0.3) is 0 Å². The van der Waals surface area contributed by atoms with Gasteiger partial charge in [0.1, 0.15) is 0 Å². The fraction of sp³-hybridized carbons (Fsp3) is 0.556. The summed E-state index contributed by atoms with van der Waals surface area (Å²) in [6.45, 7) is 3.35. The third-order valence-electron chi connectivity index (χ3n) is 4.57. The van der Waals surface area contributed by atoms with Gasteiger partial charge < -0.3 is 5.32 Å². The van der Waals surface area contributed by atoms with Crippen molar-refractivity contribution in [2.24, 2.45) is 5.92 Å². The fourth-order valence-corrected chi connectivity index (χ4v) is 4.98. The molecule has 1 fully saturated rings. The van der Waals surface area contributed by atoms with Crippen LogP contribution in [0.5, 0.6) is 0 Å². The average Bonchev–Trinajstić information content (AvgIpc) is 3.18. The van der Waals surface area contributed by atoms with E-state index in [0.717, 1.165) is 18.5 Å². The van der Waals surface area contributed by atoms with Gasteiger partial charge in [-0.25, -0.2) is 0 Å². The lowest BCUT2D eigenvalue weighted by Gasteiger charge is -2.28. The van der Waals surface area contributed by atoms with Crippen LogP contribution in [0, 0.1) is 5.92 Å². The van der Waals surface area contributed by atoms with Crippen LogP contribution in [0.1, 0.15) is 50.3 Å². The highest BCUT2D eigenvalue weighted by Gasteiger charge is 2.20. The summed E-state index contributed by atoms with van der Waals surface area (Å²) in [4.78, 5) is 2.85. The van der Waals surface area contributed by atoms with E-state index in [1.165, 1.54) is 53.8 Å². The minimum absolute atomic E-state index is 0.741. The molecule has 1 saturated carbocycles. The fourth-order valence-electron chi connectivity index (χ4n) is 3.35. The maximum Gasteiger partial charge on any atom is 0.0351 e. The molecule has 21 heavy (non-hydrogen) atoms. The topological polar surface area (TPSA) is 12.0 Å². The van der Waals surface area contributed by atoms with Crippen molar-refractivity contribution < 1.29 is 0 Å². The van der Waals surface area contributed by atoms with E-state index in [2.05, 4.69) is 41.2 Å². The van der Waals surface area contributed by atoms with Crippen LogP contribution < -0.4 is 5.32 Å². The predicted octanol–water partition coefficient (Wildman–Crippen LogP) is 5.93. The predicted molar refractivity (Wildman–Crippen MR) is 95.1 cm³/mol. The summed E-state index contributed by atoms with van der Waals surface area (Å²) in [7, 11) is 0. The second-order valence-electron chi connectivity index (χ2n) is 6.17. The number of nitrogens with one attached hydrogen (secondary N) is 1. The minimum Gasteiger partial charge on any atom is -0.309 e. The van der Waals surface area contributed by atoms with E-state index >= 15 is 0 Å². The van der Waals surface area contributed by atoms with Gasteiger partial charge in [-0.3, -0.25) is 0 Å². The lowest BCUT2D eigenvalue weighted by atomic mass is 9.83. The van der Waals surface area contributed by atoms with Crippen LogP contribution in [-0.2, 0) is 6.54 Å². The van der Waals surface area contributed by atoms with Crippen LogP contribution in [0.15, 0.2) is 29.0 Å². The Morgan fingerprint density at radius 1 is 1.19 bits per heavy atom. The maximum absolute atomic E-state index is 3.77. The van der Waals surface area contributed by atoms with E-state index in [0.29, 0.717) is 0 Å². The molecule has 0 aromatic carbocycles. The Bertz CT molecular complexity index is 521. The lowest BCUT2D eigenvalue weighted by molar-refractivity contribution is 0.278. The van der Waals surface area contributed by atoms with Gasteiger partial charge in [0, 0.05) is 27.9 Å². The Morgan fingerprint density at radius 2 is 2.05 bits per heavy atom. The van der Waals surface area contributed by atoms with Gasteiger partial charge in [0.15, 0.2) is 0 Å². The van der Waals surface area contributed by atoms with Crippen molar-refractivity contribution in [2.45, 2.75) is 58.0 Å². The molecule has 3 heteroatoms. The van der Waals surface area contributed by atoms with Crippen LogP contribution in [-0.4, -0.2) is 6.04 Å². The molecule has 0 atom stereocenters. The van der Waals surface area contributed by atoms with Crippen molar-refractivity contribution in [1.82, 2.24) is 5.32 Å². The zero-order valence-electron chi connectivity index (χ0n) is 12.8. The second kappa shape index (κ2) is 7.57. The van der Waals surface area contributed by atoms with Crippen LogP contribution in [0.4, 0.5) is 0 Å². The molecule has 3 rings (SSSR count). The van der Waals surface area contributed by atoms with Crippen molar-refractivity contribution in [1.29, 1.82) is 0 Å². The van der Waals surface area contributed by atoms with Gasteiger partial charge in [0.05, 0.1) is 0 Å². The minimum atomic E-state index is 0.741. The number of thiophene rings is 2. The second-order valence-corrected chi connectivity index (χ2v) is 8.11. The van der Waals surface area contributed by atoms with E-state index in [1.807, 2.05) is 22.7 Å². The van der Waals surface area contributed by atoms with Crippen molar-refractivity contribution in [3.8, 4) is 10.4 Å². The molecule has 0 amide bonds. The first kappa shape index (κ1) is 15.3. The third-order valence-corrected chi connectivity index (χ3v) is 6.42. The Labute approximate surface area is 136 Å². The first-order valence-electron chi connectivity index (χ1n) is 8.20. The van der Waals surface area contributed by atoms with Crippen LogP contribution in [0.3, 0.4) is 0 Å². The van der Waals surface area contributed by atoms with Gasteiger partial charge >= 0.3 is 0 Å². The summed E-state index contributed by atoms with van der Waals surface area (Å²) in [6, 6.07) is 7.43. The molecule has 0 aliphatic heterocycles. The van der Waals surface area contributed by atoms with Crippen LogP contribution >= 0.6 is 22.7 Å². The summed E-state index contributed by atoms with van der Waals surface area (Å²) in [5.41, 5.74) is 1.39. The van der Waals surface area contributed by atoms with Gasteiger partial charge in [0.2, 0.25) is 0 Å². The van der Waals surface area contributed by atoms with Gasteiger partial charge in [-0.15, -0.1) is 22.7 Å². The third kappa shape index (κ3) is 4.18. The molecule has 0 saturated heterocycles. The first-order valence-corrected chi connectivity index (χ1v) is 9.95. The Balaban J connectivity index is 1.46. The molecular formula is C18H25NS2. The van der Waals surface area contributed by atoms with Crippen molar-refractivity contribution in [2.75, 3.05) is 0 Å².